The Morgan fingerprint density at radius 1 is 1.20 bits per heavy atom. The van der Waals surface area contributed by atoms with Crippen molar-refractivity contribution in [3.8, 4) is 0 Å². The Bertz CT molecular complexity index is 377. The first kappa shape index (κ1) is 15.5. The highest BCUT2D eigenvalue weighted by molar-refractivity contribution is 5.12. The summed E-state index contributed by atoms with van der Waals surface area (Å²) in [5.41, 5.74) is -0.467. The number of hydrogen-bond donors (Lipinski definition) is 1. The normalized spacial score (nSPS) is 37.6. The van der Waals surface area contributed by atoms with E-state index in [2.05, 4.69) is 44.2 Å². The first-order valence-corrected chi connectivity index (χ1v) is 8.06. The lowest BCUT2D eigenvalue weighted by Crippen LogP contribution is -2.33. The highest BCUT2D eigenvalue weighted by Crippen LogP contribution is 2.34. The van der Waals surface area contributed by atoms with Gasteiger partial charge < -0.3 is 0 Å². The Morgan fingerprint density at radius 2 is 1.95 bits per heavy atom. The van der Waals surface area contributed by atoms with E-state index in [0.717, 1.165) is 25.2 Å². The van der Waals surface area contributed by atoms with Gasteiger partial charge in [-0.15, -0.1) is 0 Å². The molecule has 0 radical (unpaired) electrons. The predicted molar refractivity (Wildman–Crippen MR) is 83.4 cm³/mol. The van der Waals surface area contributed by atoms with E-state index in [1.807, 2.05) is 6.08 Å². The van der Waals surface area contributed by atoms with Crippen LogP contribution in [0.15, 0.2) is 36.5 Å². The first-order chi connectivity index (χ1) is 9.71. The van der Waals surface area contributed by atoms with Gasteiger partial charge in [0.2, 0.25) is 0 Å². The third kappa shape index (κ3) is 3.83. The predicted octanol–water partition coefficient (Wildman–Crippen LogP) is 5.14. The molecule has 0 heterocycles. The highest BCUT2D eigenvalue weighted by atomic mass is 17.1. The number of rotatable bonds is 5. The van der Waals surface area contributed by atoms with E-state index in [-0.39, 0.29) is 0 Å². The van der Waals surface area contributed by atoms with Crippen molar-refractivity contribution in [1.29, 1.82) is 0 Å². The van der Waals surface area contributed by atoms with Crippen molar-refractivity contribution in [2.75, 3.05) is 0 Å². The van der Waals surface area contributed by atoms with Gasteiger partial charge in [-0.2, -0.15) is 0 Å². The second-order valence-corrected chi connectivity index (χ2v) is 6.32. The molecule has 4 unspecified atom stereocenters. The number of hydrogen-bond acceptors (Lipinski definition) is 2. The van der Waals surface area contributed by atoms with Crippen LogP contribution in [0.2, 0.25) is 0 Å². The van der Waals surface area contributed by atoms with E-state index in [0.29, 0.717) is 11.8 Å². The summed E-state index contributed by atoms with van der Waals surface area (Å²) in [5, 5.41) is 9.16. The van der Waals surface area contributed by atoms with Crippen LogP contribution in [0.25, 0.3) is 0 Å². The summed E-state index contributed by atoms with van der Waals surface area (Å²) in [7, 11) is 0. The quantitative estimate of drug-likeness (QED) is 0.428. The molecule has 2 aliphatic carbocycles. The molecule has 2 aliphatic rings. The van der Waals surface area contributed by atoms with E-state index < -0.39 is 5.60 Å². The zero-order chi connectivity index (χ0) is 14.4. The van der Waals surface area contributed by atoms with Gasteiger partial charge in [-0.05, 0) is 56.3 Å². The van der Waals surface area contributed by atoms with E-state index in [1.165, 1.54) is 19.3 Å². The average molecular weight is 276 g/mol. The van der Waals surface area contributed by atoms with Crippen molar-refractivity contribution in [2.24, 2.45) is 17.8 Å². The summed E-state index contributed by atoms with van der Waals surface area (Å²) >= 11 is 0. The molecule has 0 saturated carbocycles. The van der Waals surface area contributed by atoms with Crippen LogP contribution < -0.4 is 0 Å². The lowest BCUT2D eigenvalue weighted by Gasteiger charge is -2.32. The van der Waals surface area contributed by atoms with Gasteiger partial charge in [0.15, 0.2) is 0 Å². The van der Waals surface area contributed by atoms with Gasteiger partial charge >= 0.3 is 0 Å². The van der Waals surface area contributed by atoms with Crippen LogP contribution in [-0.4, -0.2) is 10.9 Å². The molecule has 0 saturated heterocycles. The standard InChI is InChI=1S/C18H28O2/c1-3-15-7-5-8-16(13-15)10-11-17-9-6-12-18(4-2,14-17)20-19/h5-7,10-12,15-17,19H,3-4,8-9,13-14H2,1-2H3/b11-10+. The summed E-state index contributed by atoms with van der Waals surface area (Å²) in [6.07, 6.45) is 20.1. The Balaban J connectivity index is 1.92. The van der Waals surface area contributed by atoms with E-state index in [1.54, 1.807) is 0 Å². The SMILES string of the molecule is CCC1C=CCC(/C=C/C2CC=CC(CC)(OO)C2)C1. The zero-order valence-corrected chi connectivity index (χ0v) is 12.8. The van der Waals surface area contributed by atoms with Crippen LogP contribution in [0, 0.1) is 17.8 Å². The minimum Gasteiger partial charge on any atom is -0.251 e. The topological polar surface area (TPSA) is 29.5 Å². The maximum absolute atomic E-state index is 9.16. The van der Waals surface area contributed by atoms with Crippen molar-refractivity contribution >= 4 is 0 Å². The molecular formula is C18H28O2. The summed E-state index contributed by atoms with van der Waals surface area (Å²) in [6.45, 7) is 4.33. The second-order valence-electron chi connectivity index (χ2n) is 6.32. The molecule has 1 N–H and O–H groups in total. The lowest BCUT2D eigenvalue weighted by molar-refractivity contribution is -0.312. The molecule has 20 heavy (non-hydrogen) atoms. The third-order valence-electron chi connectivity index (χ3n) is 4.88. The third-order valence-corrected chi connectivity index (χ3v) is 4.88. The van der Waals surface area contributed by atoms with E-state index in [4.69, 9.17) is 10.1 Å². The van der Waals surface area contributed by atoms with Crippen molar-refractivity contribution in [2.45, 2.75) is 58.0 Å². The van der Waals surface area contributed by atoms with Gasteiger partial charge in [-0.1, -0.05) is 50.3 Å². The fourth-order valence-corrected chi connectivity index (χ4v) is 3.38. The monoisotopic (exact) mass is 276 g/mol. The van der Waals surface area contributed by atoms with Gasteiger partial charge in [-0.3, -0.25) is 5.26 Å². The fraction of sp³-hybridized carbons (Fsp3) is 0.667. The van der Waals surface area contributed by atoms with Crippen LogP contribution >= 0.6 is 0 Å². The van der Waals surface area contributed by atoms with Gasteiger partial charge in [0, 0.05) is 0 Å². The molecule has 0 aromatic carbocycles. The molecule has 0 spiro atoms. The maximum Gasteiger partial charge on any atom is 0.122 e. The van der Waals surface area contributed by atoms with Gasteiger partial charge in [-0.25, -0.2) is 4.89 Å². The average Bonchev–Trinajstić information content (AvgIpc) is 2.53. The number of allylic oxidation sites excluding steroid dienone is 5. The van der Waals surface area contributed by atoms with Crippen LogP contribution in [-0.2, 0) is 4.89 Å². The molecule has 2 nitrogen and oxygen atoms in total. The van der Waals surface area contributed by atoms with Crippen LogP contribution in [0.1, 0.15) is 52.4 Å². The van der Waals surface area contributed by atoms with Gasteiger partial charge in [0.05, 0.1) is 0 Å². The minimum atomic E-state index is -0.467. The molecule has 0 aliphatic heterocycles. The van der Waals surface area contributed by atoms with Crippen LogP contribution in [0.5, 0.6) is 0 Å². The molecule has 2 rings (SSSR count). The first-order valence-electron chi connectivity index (χ1n) is 8.06. The van der Waals surface area contributed by atoms with Crippen molar-refractivity contribution in [3.63, 3.8) is 0 Å². The fourth-order valence-electron chi connectivity index (χ4n) is 3.38. The van der Waals surface area contributed by atoms with Gasteiger partial charge in [0.25, 0.3) is 0 Å². The Labute approximate surface area is 123 Å². The second kappa shape index (κ2) is 7.24. The van der Waals surface area contributed by atoms with E-state index in [9.17, 15) is 0 Å². The molecule has 2 heteroatoms. The highest BCUT2D eigenvalue weighted by Gasteiger charge is 2.32. The molecule has 0 aromatic rings. The molecule has 0 bridgehead atoms. The smallest absolute Gasteiger partial charge is 0.122 e. The van der Waals surface area contributed by atoms with Crippen LogP contribution in [0.4, 0.5) is 0 Å². The largest absolute Gasteiger partial charge is 0.251 e. The van der Waals surface area contributed by atoms with E-state index >= 15 is 0 Å². The molecular weight excluding hydrogens is 248 g/mol. The Morgan fingerprint density at radius 3 is 2.65 bits per heavy atom. The Kier molecular flexibility index (Phi) is 5.62. The lowest BCUT2D eigenvalue weighted by atomic mass is 9.80. The zero-order valence-electron chi connectivity index (χ0n) is 12.8. The molecule has 4 atom stereocenters. The summed E-state index contributed by atoms with van der Waals surface area (Å²) < 4.78 is 0. The minimum absolute atomic E-state index is 0.467. The molecule has 0 amide bonds. The molecule has 0 fully saturated rings. The maximum atomic E-state index is 9.16. The molecule has 0 aromatic heterocycles. The summed E-state index contributed by atoms with van der Waals surface area (Å²) in [6, 6.07) is 0. The van der Waals surface area contributed by atoms with Crippen LogP contribution in [0.3, 0.4) is 0 Å². The summed E-state index contributed by atoms with van der Waals surface area (Å²) in [4.78, 5) is 4.75. The van der Waals surface area contributed by atoms with Crippen molar-refractivity contribution in [1.82, 2.24) is 0 Å². The Hall–Kier alpha value is -0.860. The van der Waals surface area contributed by atoms with Crippen molar-refractivity contribution in [3.05, 3.63) is 36.5 Å². The summed E-state index contributed by atoms with van der Waals surface area (Å²) in [5.74, 6) is 1.92. The van der Waals surface area contributed by atoms with Gasteiger partial charge in [0.1, 0.15) is 5.60 Å². The molecule has 112 valence electrons. The van der Waals surface area contributed by atoms with Crippen molar-refractivity contribution < 1.29 is 10.1 Å².